The fraction of sp³-hybridized carbons (Fsp3) is 0.429. The third-order valence-corrected chi connectivity index (χ3v) is 4.95. The largest absolute Gasteiger partial charge is 0.341 e. The Morgan fingerprint density at radius 1 is 1.14 bits per heavy atom. The average molecular weight is 381 g/mol. The number of aryl methyl sites for hydroxylation is 1. The number of aromatic nitrogens is 4. The molecule has 0 N–H and O–H groups in total. The zero-order valence-electron chi connectivity index (χ0n) is 16.8. The quantitative estimate of drug-likeness (QED) is 0.601. The predicted molar refractivity (Wildman–Crippen MR) is 109 cm³/mol. The van der Waals surface area contributed by atoms with Gasteiger partial charge in [0.05, 0.1) is 5.69 Å². The molecule has 1 aromatic carbocycles. The van der Waals surface area contributed by atoms with Gasteiger partial charge in [0, 0.05) is 18.7 Å². The van der Waals surface area contributed by atoms with Gasteiger partial charge in [0.15, 0.2) is 0 Å². The van der Waals surface area contributed by atoms with E-state index in [0.29, 0.717) is 24.3 Å². The van der Waals surface area contributed by atoms with Crippen molar-refractivity contribution in [3.63, 3.8) is 0 Å². The number of unbranched alkanes of at least 4 members (excludes halogenated alkanes) is 1. The van der Waals surface area contributed by atoms with E-state index in [-0.39, 0.29) is 18.0 Å². The molecule has 0 atom stereocenters. The van der Waals surface area contributed by atoms with Gasteiger partial charge in [0.25, 0.3) is 5.56 Å². The lowest BCUT2D eigenvalue weighted by Crippen LogP contribution is -2.38. The molecular formula is C21H27N5O2. The zero-order chi connectivity index (χ0) is 20.1. The van der Waals surface area contributed by atoms with Crippen LogP contribution in [0.3, 0.4) is 0 Å². The van der Waals surface area contributed by atoms with E-state index >= 15 is 0 Å². The van der Waals surface area contributed by atoms with Gasteiger partial charge < -0.3 is 4.90 Å². The van der Waals surface area contributed by atoms with Crippen molar-refractivity contribution in [3.05, 3.63) is 52.6 Å². The Balaban J connectivity index is 1.86. The summed E-state index contributed by atoms with van der Waals surface area (Å²) in [7, 11) is 0. The molecule has 3 rings (SSSR count). The van der Waals surface area contributed by atoms with Crippen LogP contribution >= 0.6 is 0 Å². The van der Waals surface area contributed by atoms with Crippen LogP contribution in [0.2, 0.25) is 0 Å². The summed E-state index contributed by atoms with van der Waals surface area (Å²) in [6, 6.07) is 9.88. The van der Waals surface area contributed by atoms with Gasteiger partial charge in [-0.05, 0) is 31.4 Å². The summed E-state index contributed by atoms with van der Waals surface area (Å²) in [6.07, 6.45) is 4.42. The number of benzene rings is 1. The van der Waals surface area contributed by atoms with Crippen molar-refractivity contribution in [2.45, 2.75) is 46.6 Å². The maximum absolute atomic E-state index is 12.8. The van der Waals surface area contributed by atoms with Crippen molar-refractivity contribution < 1.29 is 4.79 Å². The molecule has 0 aliphatic carbocycles. The van der Waals surface area contributed by atoms with Gasteiger partial charge in [-0.15, -0.1) is 0 Å². The molecule has 0 bridgehead atoms. The third kappa shape index (κ3) is 4.13. The first kappa shape index (κ1) is 19.8. The molecule has 0 saturated carbocycles. The monoisotopic (exact) mass is 381 g/mol. The highest BCUT2D eigenvalue weighted by Gasteiger charge is 2.15. The van der Waals surface area contributed by atoms with Crippen LogP contribution in [-0.2, 0) is 17.8 Å². The number of carbonyl (C=O) groups is 1. The van der Waals surface area contributed by atoms with Crippen molar-refractivity contribution in [2.75, 3.05) is 13.1 Å². The van der Waals surface area contributed by atoms with Crippen molar-refractivity contribution in [1.29, 1.82) is 0 Å². The second-order valence-corrected chi connectivity index (χ2v) is 6.83. The Morgan fingerprint density at radius 3 is 2.54 bits per heavy atom. The van der Waals surface area contributed by atoms with E-state index in [1.54, 1.807) is 11.0 Å². The van der Waals surface area contributed by atoms with Crippen molar-refractivity contribution >= 4 is 11.4 Å². The average Bonchev–Trinajstić information content (AvgIpc) is 3.16. The fourth-order valence-corrected chi connectivity index (χ4v) is 3.14. The number of amides is 1. The van der Waals surface area contributed by atoms with Gasteiger partial charge in [-0.25, -0.2) is 9.20 Å². The molecule has 7 nitrogen and oxygen atoms in total. The number of carbonyl (C=O) groups excluding carboxylic acids is 1. The SMILES string of the molecule is CCCCN(CC)C(=O)Cn1ncn2nc(-c3ccc(CC)cc3)cc2c1=O. The molecule has 2 heterocycles. The highest BCUT2D eigenvalue weighted by Crippen LogP contribution is 2.19. The van der Waals surface area contributed by atoms with E-state index in [2.05, 4.69) is 36.2 Å². The molecule has 0 fully saturated rings. The number of likely N-dealkylation sites (N-methyl/N-ethyl adjacent to an activating group) is 1. The van der Waals surface area contributed by atoms with Gasteiger partial charge in [-0.3, -0.25) is 9.59 Å². The summed E-state index contributed by atoms with van der Waals surface area (Å²) in [5, 5.41) is 8.59. The maximum Gasteiger partial charge on any atom is 0.293 e. The first-order chi connectivity index (χ1) is 13.6. The summed E-state index contributed by atoms with van der Waals surface area (Å²) in [4.78, 5) is 27.1. The second-order valence-electron chi connectivity index (χ2n) is 6.83. The summed E-state index contributed by atoms with van der Waals surface area (Å²) < 4.78 is 2.69. The molecule has 0 aliphatic heterocycles. The van der Waals surface area contributed by atoms with Crippen LogP contribution in [0.25, 0.3) is 16.8 Å². The Bertz CT molecular complexity index is 1000. The Morgan fingerprint density at radius 2 is 1.89 bits per heavy atom. The van der Waals surface area contributed by atoms with E-state index in [1.807, 2.05) is 19.1 Å². The van der Waals surface area contributed by atoms with Crippen LogP contribution in [0.4, 0.5) is 0 Å². The normalized spacial score (nSPS) is 11.1. The zero-order valence-corrected chi connectivity index (χ0v) is 16.8. The van der Waals surface area contributed by atoms with Gasteiger partial charge in [0.2, 0.25) is 5.91 Å². The van der Waals surface area contributed by atoms with Gasteiger partial charge in [-0.1, -0.05) is 44.5 Å². The van der Waals surface area contributed by atoms with Crippen LogP contribution < -0.4 is 5.56 Å². The number of hydrogen-bond donors (Lipinski definition) is 0. The van der Waals surface area contributed by atoms with Crippen molar-refractivity contribution in [2.24, 2.45) is 0 Å². The lowest BCUT2D eigenvalue weighted by molar-refractivity contribution is -0.132. The molecule has 7 heteroatoms. The molecule has 148 valence electrons. The molecule has 2 aromatic heterocycles. The Hall–Kier alpha value is -2.96. The molecule has 0 spiro atoms. The van der Waals surface area contributed by atoms with E-state index < -0.39 is 0 Å². The van der Waals surface area contributed by atoms with Gasteiger partial charge in [0.1, 0.15) is 18.4 Å². The van der Waals surface area contributed by atoms with Crippen LogP contribution in [0, 0.1) is 0 Å². The molecule has 3 aromatic rings. The topological polar surface area (TPSA) is 72.5 Å². The lowest BCUT2D eigenvalue weighted by atomic mass is 10.1. The summed E-state index contributed by atoms with van der Waals surface area (Å²) >= 11 is 0. The van der Waals surface area contributed by atoms with Crippen LogP contribution in [0.5, 0.6) is 0 Å². The van der Waals surface area contributed by atoms with Gasteiger partial charge in [-0.2, -0.15) is 10.2 Å². The summed E-state index contributed by atoms with van der Waals surface area (Å²) in [5.74, 6) is -0.0928. The third-order valence-electron chi connectivity index (χ3n) is 4.95. The number of nitrogens with zero attached hydrogens (tertiary/aromatic N) is 5. The minimum Gasteiger partial charge on any atom is -0.341 e. The smallest absolute Gasteiger partial charge is 0.293 e. The van der Waals surface area contributed by atoms with E-state index in [9.17, 15) is 9.59 Å². The minimum atomic E-state index is -0.314. The molecule has 28 heavy (non-hydrogen) atoms. The van der Waals surface area contributed by atoms with Crippen LogP contribution in [0.15, 0.2) is 41.5 Å². The highest BCUT2D eigenvalue weighted by atomic mass is 16.2. The van der Waals surface area contributed by atoms with Crippen molar-refractivity contribution in [3.8, 4) is 11.3 Å². The molecule has 0 saturated heterocycles. The van der Waals surface area contributed by atoms with Crippen molar-refractivity contribution in [1.82, 2.24) is 24.3 Å². The maximum atomic E-state index is 12.8. The van der Waals surface area contributed by atoms with E-state index in [1.165, 1.54) is 21.1 Å². The standard InChI is InChI=1S/C21H27N5O2/c1-4-7-12-24(6-3)20(27)14-25-21(28)19-13-18(23-26(19)15-22-25)17-10-8-16(5-2)9-11-17/h8-11,13,15H,4-7,12,14H2,1-3H3. The number of rotatable bonds is 8. The highest BCUT2D eigenvalue weighted by molar-refractivity contribution is 5.76. The molecule has 0 unspecified atom stereocenters. The summed E-state index contributed by atoms with van der Waals surface area (Å²) in [6.45, 7) is 7.41. The molecule has 0 aliphatic rings. The molecular weight excluding hydrogens is 354 g/mol. The second kappa shape index (κ2) is 8.82. The van der Waals surface area contributed by atoms with E-state index in [4.69, 9.17) is 0 Å². The van der Waals surface area contributed by atoms with E-state index in [0.717, 1.165) is 24.8 Å². The predicted octanol–water partition coefficient (Wildman–Crippen LogP) is 2.77. The Kier molecular flexibility index (Phi) is 6.23. The first-order valence-electron chi connectivity index (χ1n) is 9.89. The molecule has 0 radical (unpaired) electrons. The van der Waals surface area contributed by atoms with Crippen LogP contribution in [-0.4, -0.2) is 43.3 Å². The lowest BCUT2D eigenvalue weighted by Gasteiger charge is -2.20. The van der Waals surface area contributed by atoms with Gasteiger partial charge >= 0.3 is 0 Å². The summed E-state index contributed by atoms with van der Waals surface area (Å²) in [5.41, 5.74) is 3.00. The van der Waals surface area contributed by atoms with Crippen LogP contribution in [0.1, 0.15) is 39.2 Å². The Labute approximate surface area is 164 Å². The fourth-order valence-electron chi connectivity index (χ4n) is 3.14. The number of hydrogen-bond acceptors (Lipinski definition) is 4. The minimum absolute atomic E-state index is 0.0569. The first-order valence-corrected chi connectivity index (χ1v) is 9.89. The number of fused-ring (bicyclic) bond motifs is 1. The molecule has 1 amide bonds.